The molecule has 0 saturated heterocycles. The second-order valence-electron chi connectivity index (χ2n) is 5.63. The van der Waals surface area contributed by atoms with Crippen molar-refractivity contribution in [2.75, 3.05) is 11.2 Å². The predicted octanol–water partition coefficient (Wildman–Crippen LogP) is 3.93. The molecule has 1 heterocycles. The van der Waals surface area contributed by atoms with Gasteiger partial charge in [-0.1, -0.05) is 35.0 Å². The van der Waals surface area contributed by atoms with E-state index < -0.39 is 0 Å². The van der Waals surface area contributed by atoms with Crippen LogP contribution in [0.15, 0.2) is 59.3 Å². The standard InChI is InChI=1S/C19H18BrN5O2/c1-2-12-3-9-15(10-4-12)27-19-16(21)17(22-11-23-19)24-25-18(26)13-5-7-14(20)8-6-13/h3-11H,2,21H2,1H3,(H,25,26)(H,22,23,24). The van der Waals surface area contributed by atoms with E-state index >= 15 is 0 Å². The zero-order chi connectivity index (χ0) is 19.2. The number of carbonyl (C=O) groups excluding carboxylic acids is 1. The van der Waals surface area contributed by atoms with E-state index in [1.807, 2.05) is 24.3 Å². The van der Waals surface area contributed by atoms with E-state index in [0.29, 0.717) is 11.3 Å². The minimum Gasteiger partial charge on any atom is -0.437 e. The summed E-state index contributed by atoms with van der Waals surface area (Å²) in [6, 6.07) is 14.6. The summed E-state index contributed by atoms with van der Waals surface area (Å²) in [6.07, 6.45) is 2.25. The molecule has 0 atom stereocenters. The number of hydrogen-bond donors (Lipinski definition) is 3. The number of ether oxygens (including phenoxy) is 1. The Balaban J connectivity index is 1.68. The number of nitrogen functional groups attached to an aromatic ring is 1. The van der Waals surface area contributed by atoms with Gasteiger partial charge in [-0.15, -0.1) is 0 Å². The van der Waals surface area contributed by atoms with Gasteiger partial charge in [0.25, 0.3) is 5.91 Å². The molecule has 7 nitrogen and oxygen atoms in total. The average molecular weight is 428 g/mol. The molecule has 3 aromatic rings. The summed E-state index contributed by atoms with van der Waals surface area (Å²) in [7, 11) is 0. The van der Waals surface area contributed by atoms with E-state index in [4.69, 9.17) is 10.5 Å². The first-order chi connectivity index (χ1) is 13.1. The van der Waals surface area contributed by atoms with Crippen LogP contribution in [0.1, 0.15) is 22.8 Å². The Morgan fingerprint density at radius 2 is 1.81 bits per heavy atom. The molecule has 3 rings (SSSR count). The fourth-order valence-corrected chi connectivity index (χ4v) is 2.52. The Kier molecular flexibility index (Phi) is 5.87. The lowest BCUT2D eigenvalue weighted by Crippen LogP contribution is -2.30. The Labute approximate surface area is 165 Å². The molecule has 0 saturated carbocycles. The van der Waals surface area contributed by atoms with Crippen molar-refractivity contribution < 1.29 is 9.53 Å². The fraction of sp³-hybridized carbons (Fsp3) is 0.105. The summed E-state index contributed by atoms with van der Waals surface area (Å²) in [5, 5.41) is 0. The molecular formula is C19H18BrN5O2. The van der Waals surface area contributed by atoms with Crippen molar-refractivity contribution in [2.24, 2.45) is 0 Å². The van der Waals surface area contributed by atoms with E-state index in [2.05, 4.69) is 43.7 Å². The minimum absolute atomic E-state index is 0.188. The average Bonchev–Trinajstić information content (AvgIpc) is 2.69. The lowest BCUT2D eigenvalue weighted by Gasteiger charge is -2.12. The molecule has 0 fully saturated rings. The van der Waals surface area contributed by atoms with Crippen LogP contribution in [0.25, 0.3) is 0 Å². The number of anilines is 2. The monoisotopic (exact) mass is 427 g/mol. The van der Waals surface area contributed by atoms with Crippen LogP contribution < -0.4 is 21.3 Å². The molecule has 0 unspecified atom stereocenters. The van der Waals surface area contributed by atoms with Crippen molar-refractivity contribution >= 4 is 33.3 Å². The van der Waals surface area contributed by atoms with E-state index in [0.717, 1.165) is 10.9 Å². The highest BCUT2D eigenvalue weighted by Crippen LogP contribution is 2.29. The molecular weight excluding hydrogens is 410 g/mol. The fourth-order valence-electron chi connectivity index (χ4n) is 2.25. The van der Waals surface area contributed by atoms with E-state index in [-0.39, 0.29) is 23.3 Å². The van der Waals surface area contributed by atoms with Gasteiger partial charge < -0.3 is 10.5 Å². The Morgan fingerprint density at radius 1 is 1.11 bits per heavy atom. The number of aromatic nitrogens is 2. The third-order valence-corrected chi connectivity index (χ3v) is 4.32. The number of hydrogen-bond acceptors (Lipinski definition) is 6. The zero-order valence-electron chi connectivity index (χ0n) is 14.6. The molecule has 0 aliphatic rings. The van der Waals surface area contributed by atoms with Crippen molar-refractivity contribution in [1.29, 1.82) is 0 Å². The van der Waals surface area contributed by atoms with Crippen LogP contribution in [0.5, 0.6) is 11.6 Å². The summed E-state index contributed by atoms with van der Waals surface area (Å²) in [6.45, 7) is 2.08. The first-order valence-corrected chi connectivity index (χ1v) is 9.05. The van der Waals surface area contributed by atoms with Gasteiger partial charge in [0.05, 0.1) is 0 Å². The van der Waals surface area contributed by atoms with Crippen LogP contribution in [-0.4, -0.2) is 15.9 Å². The maximum absolute atomic E-state index is 12.2. The molecule has 0 aliphatic carbocycles. The van der Waals surface area contributed by atoms with E-state index in [1.165, 1.54) is 11.9 Å². The molecule has 0 bridgehead atoms. The number of halogens is 1. The van der Waals surface area contributed by atoms with Crippen LogP contribution in [0.2, 0.25) is 0 Å². The smallest absolute Gasteiger partial charge is 0.269 e. The summed E-state index contributed by atoms with van der Waals surface area (Å²) >= 11 is 3.33. The Bertz CT molecular complexity index is 930. The quantitative estimate of drug-likeness (QED) is 0.515. The van der Waals surface area contributed by atoms with Crippen molar-refractivity contribution in [3.05, 3.63) is 70.5 Å². The molecule has 0 radical (unpaired) electrons. The number of carbonyl (C=O) groups is 1. The van der Waals surface area contributed by atoms with Gasteiger partial charge in [0.1, 0.15) is 17.8 Å². The summed E-state index contributed by atoms with van der Waals surface area (Å²) in [4.78, 5) is 20.3. The third-order valence-electron chi connectivity index (χ3n) is 3.79. The van der Waals surface area contributed by atoms with Gasteiger partial charge in [0, 0.05) is 10.0 Å². The minimum atomic E-state index is -0.321. The number of rotatable bonds is 6. The molecule has 2 aromatic carbocycles. The Morgan fingerprint density at radius 3 is 2.48 bits per heavy atom. The molecule has 1 aromatic heterocycles. The first-order valence-electron chi connectivity index (χ1n) is 8.26. The highest BCUT2D eigenvalue weighted by molar-refractivity contribution is 9.10. The number of nitrogens with one attached hydrogen (secondary N) is 2. The number of aryl methyl sites for hydroxylation is 1. The van der Waals surface area contributed by atoms with Crippen LogP contribution in [0, 0.1) is 0 Å². The topological polar surface area (TPSA) is 102 Å². The van der Waals surface area contributed by atoms with Gasteiger partial charge in [-0.25, -0.2) is 4.98 Å². The maximum Gasteiger partial charge on any atom is 0.269 e. The second kappa shape index (κ2) is 8.50. The molecule has 0 spiro atoms. The highest BCUT2D eigenvalue weighted by Gasteiger charge is 2.12. The van der Waals surface area contributed by atoms with Gasteiger partial charge in [0.2, 0.25) is 5.88 Å². The van der Waals surface area contributed by atoms with Crippen molar-refractivity contribution in [1.82, 2.24) is 15.4 Å². The summed E-state index contributed by atoms with van der Waals surface area (Å²) in [5.74, 6) is 0.742. The van der Waals surface area contributed by atoms with Gasteiger partial charge in [0.15, 0.2) is 5.82 Å². The highest BCUT2D eigenvalue weighted by atomic mass is 79.9. The van der Waals surface area contributed by atoms with Crippen molar-refractivity contribution in [3.63, 3.8) is 0 Å². The first kappa shape index (κ1) is 18.7. The molecule has 0 aliphatic heterocycles. The lowest BCUT2D eigenvalue weighted by atomic mass is 10.2. The molecule has 8 heteroatoms. The van der Waals surface area contributed by atoms with Crippen LogP contribution in [-0.2, 0) is 6.42 Å². The van der Waals surface area contributed by atoms with Crippen LogP contribution in [0.4, 0.5) is 11.5 Å². The van der Waals surface area contributed by atoms with Gasteiger partial charge in [-0.2, -0.15) is 4.98 Å². The number of nitrogens with zero attached hydrogens (tertiary/aromatic N) is 2. The normalized spacial score (nSPS) is 10.3. The zero-order valence-corrected chi connectivity index (χ0v) is 16.2. The second-order valence-corrected chi connectivity index (χ2v) is 6.54. The summed E-state index contributed by atoms with van der Waals surface area (Å²) < 4.78 is 6.61. The van der Waals surface area contributed by atoms with Gasteiger partial charge in [-0.05, 0) is 48.4 Å². The SMILES string of the molecule is CCc1ccc(Oc2ncnc(NNC(=O)c3ccc(Br)cc3)c2N)cc1. The maximum atomic E-state index is 12.2. The van der Waals surface area contributed by atoms with Crippen LogP contribution in [0.3, 0.4) is 0 Å². The Hall–Kier alpha value is -3.13. The van der Waals surface area contributed by atoms with Crippen LogP contribution >= 0.6 is 15.9 Å². The van der Waals surface area contributed by atoms with Gasteiger partial charge in [-0.3, -0.25) is 15.6 Å². The molecule has 27 heavy (non-hydrogen) atoms. The summed E-state index contributed by atoms with van der Waals surface area (Å²) in [5.41, 5.74) is 13.2. The number of nitrogens with two attached hydrogens (primary N) is 1. The lowest BCUT2D eigenvalue weighted by molar-refractivity contribution is 0.0962. The molecule has 138 valence electrons. The van der Waals surface area contributed by atoms with E-state index in [1.54, 1.807) is 24.3 Å². The van der Waals surface area contributed by atoms with Gasteiger partial charge >= 0.3 is 0 Å². The largest absolute Gasteiger partial charge is 0.437 e. The number of hydrazine groups is 1. The molecule has 1 amide bonds. The number of amides is 1. The predicted molar refractivity (Wildman–Crippen MR) is 108 cm³/mol. The van der Waals surface area contributed by atoms with Crippen molar-refractivity contribution in [3.8, 4) is 11.6 Å². The van der Waals surface area contributed by atoms with Crippen molar-refractivity contribution in [2.45, 2.75) is 13.3 Å². The number of benzene rings is 2. The molecule has 4 N–H and O–H groups in total. The van der Waals surface area contributed by atoms with E-state index in [9.17, 15) is 4.79 Å². The third kappa shape index (κ3) is 4.73.